The zero-order valence-electron chi connectivity index (χ0n) is 10.0. The third kappa shape index (κ3) is 4.70. The molecule has 0 saturated carbocycles. The van der Waals surface area contributed by atoms with Crippen molar-refractivity contribution in [2.24, 2.45) is 0 Å². The van der Waals surface area contributed by atoms with Gasteiger partial charge in [-0.05, 0) is 19.2 Å². The van der Waals surface area contributed by atoms with E-state index >= 15 is 0 Å². The summed E-state index contributed by atoms with van der Waals surface area (Å²) in [6.07, 6.45) is 5.83. The summed E-state index contributed by atoms with van der Waals surface area (Å²) in [5.74, 6) is -0.986. The van der Waals surface area contributed by atoms with Crippen molar-refractivity contribution in [3.63, 3.8) is 0 Å². The summed E-state index contributed by atoms with van der Waals surface area (Å²) >= 11 is 1.82. The molecule has 0 aromatic carbocycles. The van der Waals surface area contributed by atoms with E-state index in [1.165, 1.54) is 12.5 Å². The van der Waals surface area contributed by atoms with Gasteiger partial charge in [0.05, 0.1) is 5.69 Å². The number of carbonyl (C=O) groups is 1. The van der Waals surface area contributed by atoms with E-state index in [9.17, 15) is 4.79 Å². The third-order valence-corrected chi connectivity index (χ3v) is 3.49. The van der Waals surface area contributed by atoms with E-state index in [0.29, 0.717) is 17.5 Å². The lowest BCUT2D eigenvalue weighted by atomic mass is 10.2. The first-order chi connectivity index (χ1) is 8.15. The Balaban J connectivity index is 2.44. The van der Waals surface area contributed by atoms with Crippen molar-refractivity contribution in [1.82, 2.24) is 15.3 Å². The number of aromatic carboxylic acids is 1. The molecule has 1 aromatic rings. The average molecular weight is 255 g/mol. The Bertz CT molecular complexity index is 373. The van der Waals surface area contributed by atoms with Gasteiger partial charge >= 0.3 is 5.97 Å². The highest BCUT2D eigenvalue weighted by Gasteiger charge is 2.10. The fourth-order valence-electron chi connectivity index (χ4n) is 1.30. The van der Waals surface area contributed by atoms with Crippen LogP contribution in [0.25, 0.3) is 0 Å². The van der Waals surface area contributed by atoms with Crippen molar-refractivity contribution in [1.29, 1.82) is 0 Å². The van der Waals surface area contributed by atoms with Crippen molar-refractivity contribution >= 4 is 17.7 Å². The van der Waals surface area contributed by atoms with Gasteiger partial charge in [-0.25, -0.2) is 14.8 Å². The number of carboxylic acids is 1. The second kappa shape index (κ2) is 7.24. The van der Waals surface area contributed by atoms with Gasteiger partial charge in [0.1, 0.15) is 11.9 Å². The maximum Gasteiger partial charge on any atom is 0.339 e. The van der Waals surface area contributed by atoms with Crippen molar-refractivity contribution in [3.8, 4) is 0 Å². The predicted molar refractivity (Wildman–Crippen MR) is 68.3 cm³/mol. The SMILES string of the molecule is CSC(C)CCNCc1ncncc1C(=O)O. The maximum atomic E-state index is 10.9. The molecule has 0 amide bonds. The predicted octanol–water partition coefficient (Wildman–Crippen LogP) is 1.41. The highest BCUT2D eigenvalue weighted by atomic mass is 32.2. The van der Waals surface area contributed by atoms with Gasteiger partial charge in [-0.2, -0.15) is 11.8 Å². The molecule has 0 spiro atoms. The fraction of sp³-hybridized carbons (Fsp3) is 0.545. The molecule has 0 aliphatic heterocycles. The largest absolute Gasteiger partial charge is 0.478 e. The van der Waals surface area contributed by atoms with E-state index in [1.54, 1.807) is 0 Å². The number of carboxylic acid groups (broad SMARTS) is 1. The number of hydrogen-bond acceptors (Lipinski definition) is 5. The molecule has 2 N–H and O–H groups in total. The number of hydrogen-bond donors (Lipinski definition) is 2. The second-order valence-electron chi connectivity index (χ2n) is 3.70. The molecule has 5 nitrogen and oxygen atoms in total. The van der Waals surface area contributed by atoms with E-state index in [4.69, 9.17) is 5.11 Å². The Hall–Kier alpha value is -1.14. The lowest BCUT2D eigenvalue weighted by molar-refractivity contribution is 0.0694. The van der Waals surface area contributed by atoms with Crippen LogP contribution < -0.4 is 5.32 Å². The highest BCUT2D eigenvalue weighted by Crippen LogP contribution is 2.08. The highest BCUT2D eigenvalue weighted by molar-refractivity contribution is 7.99. The van der Waals surface area contributed by atoms with Gasteiger partial charge in [0.15, 0.2) is 0 Å². The molecule has 0 radical (unpaired) electrons. The minimum atomic E-state index is -0.986. The van der Waals surface area contributed by atoms with Gasteiger partial charge in [0, 0.05) is 18.0 Å². The van der Waals surface area contributed by atoms with Crippen LogP contribution in [0.4, 0.5) is 0 Å². The summed E-state index contributed by atoms with van der Waals surface area (Å²) in [5.41, 5.74) is 0.696. The lowest BCUT2D eigenvalue weighted by Crippen LogP contribution is -2.20. The van der Waals surface area contributed by atoms with Gasteiger partial charge in [-0.1, -0.05) is 6.92 Å². The second-order valence-corrected chi connectivity index (χ2v) is 4.98. The number of nitrogens with zero attached hydrogens (tertiary/aromatic N) is 2. The van der Waals surface area contributed by atoms with Crippen LogP contribution >= 0.6 is 11.8 Å². The number of rotatable bonds is 7. The lowest BCUT2D eigenvalue weighted by Gasteiger charge is -2.09. The summed E-state index contributed by atoms with van der Waals surface area (Å²) in [5, 5.41) is 12.7. The zero-order chi connectivity index (χ0) is 12.7. The van der Waals surface area contributed by atoms with Crippen LogP contribution in [0, 0.1) is 0 Å². The van der Waals surface area contributed by atoms with Gasteiger partial charge < -0.3 is 10.4 Å². The molecule has 17 heavy (non-hydrogen) atoms. The maximum absolute atomic E-state index is 10.9. The molecule has 0 fully saturated rings. The molecular formula is C11H17N3O2S. The van der Waals surface area contributed by atoms with Crippen molar-refractivity contribution in [2.45, 2.75) is 25.1 Å². The quantitative estimate of drug-likeness (QED) is 0.717. The Kier molecular flexibility index (Phi) is 5.93. The van der Waals surface area contributed by atoms with Crippen LogP contribution in [-0.4, -0.2) is 39.1 Å². The first-order valence-corrected chi connectivity index (χ1v) is 6.69. The van der Waals surface area contributed by atoms with Crippen LogP contribution in [0.1, 0.15) is 29.4 Å². The minimum absolute atomic E-state index is 0.165. The van der Waals surface area contributed by atoms with Gasteiger partial charge in [0.25, 0.3) is 0 Å². The van der Waals surface area contributed by atoms with Crippen molar-refractivity contribution < 1.29 is 9.90 Å². The van der Waals surface area contributed by atoms with E-state index in [1.807, 2.05) is 11.8 Å². The van der Waals surface area contributed by atoms with Gasteiger partial charge in [-0.15, -0.1) is 0 Å². The van der Waals surface area contributed by atoms with Crippen LogP contribution in [0.5, 0.6) is 0 Å². The van der Waals surface area contributed by atoms with Crippen LogP contribution in [0.3, 0.4) is 0 Å². The van der Waals surface area contributed by atoms with E-state index in [-0.39, 0.29) is 5.56 Å². The fourth-order valence-corrected chi connectivity index (χ4v) is 1.66. The molecule has 1 aromatic heterocycles. The van der Waals surface area contributed by atoms with Gasteiger partial charge in [-0.3, -0.25) is 0 Å². The molecule has 1 atom stereocenters. The smallest absolute Gasteiger partial charge is 0.339 e. The van der Waals surface area contributed by atoms with E-state index in [2.05, 4.69) is 28.5 Å². The summed E-state index contributed by atoms with van der Waals surface area (Å²) in [6.45, 7) is 3.48. The standard InChI is InChI=1S/C11H17N3O2S/c1-8(17-2)3-4-12-6-10-9(11(15)16)5-13-7-14-10/h5,7-8,12H,3-4,6H2,1-2H3,(H,15,16). The third-order valence-electron chi connectivity index (χ3n) is 2.45. The monoisotopic (exact) mass is 255 g/mol. The summed E-state index contributed by atoms with van der Waals surface area (Å²) < 4.78 is 0. The number of aromatic nitrogens is 2. The molecule has 1 rings (SSSR count). The first-order valence-electron chi connectivity index (χ1n) is 5.40. The average Bonchev–Trinajstić information content (AvgIpc) is 2.34. The Morgan fingerprint density at radius 2 is 2.41 bits per heavy atom. The van der Waals surface area contributed by atoms with Crippen LogP contribution in [0.2, 0.25) is 0 Å². The van der Waals surface area contributed by atoms with Crippen molar-refractivity contribution in [3.05, 3.63) is 23.8 Å². The molecule has 0 saturated heterocycles. The van der Waals surface area contributed by atoms with Gasteiger partial charge in [0.2, 0.25) is 0 Å². The summed E-state index contributed by atoms with van der Waals surface area (Å²) in [4.78, 5) is 18.6. The number of thioether (sulfide) groups is 1. The van der Waals surface area contributed by atoms with Crippen LogP contribution in [0.15, 0.2) is 12.5 Å². The van der Waals surface area contributed by atoms with Crippen LogP contribution in [-0.2, 0) is 6.54 Å². The Morgan fingerprint density at radius 1 is 1.65 bits per heavy atom. The molecule has 0 aliphatic carbocycles. The first kappa shape index (κ1) is 13.9. The minimum Gasteiger partial charge on any atom is -0.478 e. The molecule has 1 heterocycles. The number of nitrogens with one attached hydrogen (secondary N) is 1. The molecule has 1 unspecified atom stereocenters. The Labute approximate surface area is 105 Å². The normalized spacial score (nSPS) is 12.4. The molecular weight excluding hydrogens is 238 g/mol. The van der Waals surface area contributed by atoms with Crippen molar-refractivity contribution in [2.75, 3.05) is 12.8 Å². The molecule has 94 valence electrons. The molecule has 0 bridgehead atoms. The summed E-state index contributed by atoms with van der Waals surface area (Å²) in [7, 11) is 0. The molecule has 6 heteroatoms. The van der Waals surface area contributed by atoms with E-state index in [0.717, 1.165) is 13.0 Å². The summed E-state index contributed by atoms with van der Waals surface area (Å²) in [6, 6.07) is 0. The van der Waals surface area contributed by atoms with E-state index < -0.39 is 5.97 Å². The Morgan fingerprint density at radius 3 is 3.06 bits per heavy atom. The molecule has 0 aliphatic rings. The zero-order valence-corrected chi connectivity index (χ0v) is 10.8. The topological polar surface area (TPSA) is 75.1 Å².